The number of methoxy groups -OCH3 is 1. The van der Waals surface area contributed by atoms with Gasteiger partial charge in [-0.05, 0) is 45.1 Å². The van der Waals surface area contributed by atoms with Crippen LogP contribution in [0.1, 0.15) is 71.3 Å². The van der Waals surface area contributed by atoms with Gasteiger partial charge in [0.25, 0.3) is 5.91 Å². The number of esters is 1. The second-order valence-electron chi connectivity index (χ2n) is 8.00. The zero-order valence-corrected chi connectivity index (χ0v) is 19.6. The molecule has 7 nitrogen and oxygen atoms in total. The number of ether oxygens (including phenoxy) is 2. The van der Waals surface area contributed by atoms with Crippen molar-refractivity contribution in [3.05, 3.63) is 27.7 Å². The van der Waals surface area contributed by atoms with Crippen LogP contribution in [0.2, 0.25) is 0 Å². The molecule has 2 heterocycles. The Kier molecular flexibility index (Phi) is 8.66. The normalized spacial score (nSPS) is 14.5. The summed E-state index contributed by atoms with van der Waals surface area (Å²) in [5, 5.41) is 5.20. The summed E-state index contributed by atoms with van der Waals surface area (Å²) in [7, 11) is 1.65. The average Bonchev–Trinajstić information content (AvgIpc) is 3.38. The van der Waals surface area contributed by atoms with Crippen LogP contribution < -0.4 is 5.32 Å². The maximum Gasteiger partial charge on any atom is 0.367 e. The maximum absolute atomic E-state index is 12.9. The fraction of sp³-hybridized carbons (Fsp3) is 0.609. The highest BCUT2D eigenvalue weighted by molar-refractivity contribution is 7.11. The number of nitrogens with zero attached hydrogens (tertiary/aromatic N) is 2. The molecule has 0 spiro atoms. The van der Waals surface area contributed by atoms with Crippen molar-refractivity contribution in [3.63, 3.8) is 0 Å². The van der Waals surface area contributed by atoms with Crippen LogP contribution in [0.4, 0.5) is 0 Å². The zero-order chi connectivity index (χ0) is 22.2. The molecule has 2 aromatic rings. The van der Waals surface area contributed by atoms with Gasteiger partial charge in [-0.2, -0.15) is 0 Å². The van der Waals surface area contributed by atoms with Crippen LogP contribution in [0, 0.1) is 12.8 Å². The van der Waals surface area contributed by atoms with Gasteiger partial charge in [0.1, 0.15) is 0 Å². The number of hydrogen-bond donors (Lipinski definition) is 1. The molecule has 0 aromatic carbocycles. The minimum atomic E-state index is -0.406. The second-order valence-corrected chi connectivity index (χ2v) is 8.86. The van der Waals surface area contributed by atoms with Gasteiger partial charge in [-0.25, -0.2) is 9.78 Å². The van der Waals surface area contributed by atoms with Crippen molar-refractivity contribution in [3.8, 4) is 11.4 Å². The Balaban J connectivity index is 1.88. The van der Waals surface area contributed by atoms with Crippen molar-refractivity contribution in [2.24, 2.45) is 5.92 Å². The van der Waals surface area contributed by atoms with E-state index in [1.165, 1.54) is 43.4 Å². The number of carbonyl (C=O) groups excluding carboxylic acids is 2. The molecule has 170 valence electrons. The molecule has 0 atom stereocenters. The molecule has 1 aliphatic rings. The quantitative estimate of drug-likeness (QED) is 0.430. The summed E-state index contributed by atoms with van der Waals surface area (Å²) in [6.45, 7) is 6.14. The van der Waals surface area contributed by atoms with Crippen molar-refractivity contribution < 1.29 is 19.1 Å². The van der Waals surface area contributed by atoms with E-state index in [1.807, 2.05) is 18.4 Å². The Hall–Kier alpha value is -2.19. The highest BCUT2D eigenvalue weighted by Gasteiger charge is 2.24. The minimum absolute atomic E-state index is 0.0851. The first-order valence-electron chi connectivity index (χ1n) is 11.1. The van der Waals surface area contributed by atoms with Crippen LogP contribution in [0.25, 0.3) is 11.4 Å². The number of amides is 1. The molecule has 2 aromatic heterocycles. The number of hydrogen-bond acceptors (Lipinski definition) is 6. The molecule has 0 radical (unpaired) electrons. The fourth-order valence-corrected chi connectivity index (χ4v) is 4.84. The summed E-state index contributed by atoms with van der Waals surface area (Å²) in [4.78, 5) is 29.5. The van der Waals surface area contributed by atoms with Gasteiger partial charge in [-0.15, -0.1) is 11.3 Å². The van der Waals surface area contributed by atoms with E-state index in [4.69, 9.17) is 9.47 Å². The highest BCUT2D eigenvalue weighted by atomic mass is 32.1. The SMILES string of the molecule is CCOC(=O)c1nc(-c2cc(C(=O)NCCCOC)c(C)n2CC2CCCCC2)cs1. The van der Waals surface area contributed by atoms with Crippen LogP contribution in [0.5, 0.6) is 0 Å². The van der Waals surface area contributed by atoms with Crippen molar-refractivity contribution in [2.45, 2.75) is 58.9 Å². The van der Waals surface area contributed by atoms with E-state index in [1.54, 1.807) is 14.0 Å². The zero-order valence-electron chi connectivity index (χ0n) is 18.7. The van der Waals surface area contributed by atoms with Crippen LogP contribution in [-0.2, 0) is 16.0 Å². The molecule has 1 N–H and O–H groups in total. The number of rotatable bonds is 10. The van der Waals surface area contributed by atoms with E-state index in [-0.39, 0.29) is 5.91 Å². The van der Waals surface area contributed by atoms with Crippen molar-refractivity contribution >= 4 is 23.2 Å². The molecule has 1 aliphatic carbocycles. The van der Waals surface area contributed by atoms with E-state index in [0.29, 0.717) is 41.9 Å². The number of carbonyl (C=O) groups is 2. The Labute approximate surface area is 188 Å². The van der Waals surface area contributed by atoms with Crippen LogP contribution in [0.3, 0.4) is 0 Å². The van der Waals surface area contributed by atoms with Gasteiger partial charge in [0.05, 0.1) is 23.6 Å². The topological polar surface area (TPSA) is 82.4 Å². The lowest BCUT2D eigenvalue weighted by Gasteiger charge is -2.24. The highest BCUT2D eigenvalue weighted by Crippen LogP contribution is 2.32. The molecule has 8 heteroatoms. The largest absolute Gasteiger partial charge is 0.461 e. The maximum atomic E-state index is 12.9. The summed E-state index contributed by atoms with van der Waals surface area (Å²) in [5.41, 5.74) is 3.20. The minimum Gasteiger partial charge on any atom is -0.461 e. The Morgan fingerprint density at radius 3 is 2.77 bits per heavy atom. The van der Waals surface area contributed by atoms with Crippen LogP contribution in [-0.4, -0.2) is 48.3 Å². The molecule has 1 amide bonds. The molecule has 31 heavy (non-hydrogen) atoms. The summed E-state index contributed by atoms with van der Waals surface area (Å²) in [6.07, 6.45) is 7.01. The average molecular weight is 448 g/mol. The van der Waals surface area contributed by atoms with Crippen LogP contribution >= 0.6 is 11.3 Å². The molecule has 0 unspecified atom stereocenters. The van der Waals surface area contributed by atoms with Gasteiger partial charge < -0.3 is 19.4 Å². The van der Waals surface area contributed by atoms with Crippen molar-refractivity contribution in [1.29, 1.82) is 0 Å². The molecule has 0 saturated heterocycles. The smallest absolute Gasteiger partial charge is 0.367 e. The standard InChI is InChI=1S/C23H33N3O4S/c1-4-30-23(28)22-25-19(15-31-22)20-13-18(21(27)24-11-8-12-29-3)16(2)26(20)14-17-9-6-5-7-10-17/h13,15,17H,4-12,14H2,1-3H3,(H,24,27). The Morgan fingerprint density at radius 2 is 2.06 bits per heavy atom. The van der Waals surface area contributed by atoms with Crippen LogP contribution in [0.15, 0.2) is 11.4 Å². The van der Waals surface area contributed by atoms with E-state index in [2.05, 4.69) is 14.9 Å². The summed E-state index contributed by atoms with van der Waals surface area (Å²) in [5.74, 6) is 0.106. The predicted molar refractivity (Wildman–Crippen MR) is 122 cm³/mol. The molecule has 3 rings (SSSR count). The predicted octanol–water partition coefficient (Wildman–Crippen LogP) is 4.44. The van der Waals surface area contributed by atoms with Gasteiger partial charge in [-0.3, -0.25) is 4.79 Å². The van der Waals surface area contributed by atoms with Gasteiger partial charge in [0, 0.05) is 37.9 Å². The van der Waals surface area contributed by atoms with Gasteiger partial charge in [-0.1, -0.05) is 19.3 Å². The fourth-order valence-electron chi connectivity index (χ4n) is 4.14. The monoisotopic (exact) mass is 447 g/mol. The lowest BCUT2D eigenvalue weighted by atomic mass is 9.89. The Bertz CT molecular complexity index is 884. The van der Waals surface area contributed by atoms with Gasteiger partial charge in [0.15, 0.2) is 0 Å². The third-order valence-corrected chi connectivity index (χ3v) is 6.63. The van der Waals surface area contributed by atoms with Gasteiger partial charge >= 0.3 is 5.97 Å². The number of nitrogens with one attached hydrogen (secondary N) is 1. The van der Waals surface area contributed by atoms with E-state index in [0.717, 1.165) is 24.4 Å². The molecule has 0 aliphatic heterocycles. The van der Waals surface area contributed by atoms with E-state index in [9.17, 15) is 9.59 Å². The third-order valence-electron chi connectivity index (χ3n) is 5.80. The molecule has 0 bridgehead atoms. The lowest BCUT2D eigenvalue weighted by Crippen LogP contribution is -2.25. The van der Waals surface area contributed by atoms with E-state index >= 15 is 0 Å². The molecular weight excluding hydrogens is 414 g/mol. The first-order chi connectivity index (χ1) is 15.0. The third kappa shape index (κ3) is 5.95. The first-order valence-corrected chi connectivity index (χ1v) is 12.0. The molecular formula is C23H33N3O4S. The summed E-state index contributed by atoms with van der Waals surface area (Å²) < 4.78 is 12.4. The second kappa shape index (κ2) is 11.4. The summed E-state index contributed by atoms with van der Waals surface area (Å²) >= 11 is 1.28. The lowest BCUT2D eigenvalue weighted by molar-refractivity contribution is 0.0526. The Morgan fingerprint density at radius 1 is 1.29 bits per heavy atom. The first kappa shape index (κ1) is 23.5. The number of aromatic nitrogens is 2. The van der Waals surface area contributed by atoms with Crippen molar-refractivity contribution in [2.75, 3.05) is 26.9 Å². The summed E-state index contributed by atoms with van der Waals surface area (Å²) in [6, 6.07) is 1.91. The molecule has 1 saturated carbocycles. The molecule has 1 fully saturated rings. The van der Waals surface area contributed by atoms with Crippen molar-refractivity contribution in [1.82, 2.24) is 14.9 Å². The van der Waals surface area contributed by atoms with Gasteiger partial charge in [0.2, 0.25) is 5.01 Å². The number of thiazole rings is 1. The van der Waals surface area contributed by atoms with E-state index < -0.39 is 5.97 Å².